The standard InChI is InChI=1S/C30H40N4O5/c1-38-25-11-9-23(10-12-25)20-33-27(35)21-34-18-14-30(15-19-34)13-5-4-7-24-6-2-3-8-26(24)39-22-28(36)31-16-17-32-29(30)37/h2-3,6,8-12H,4-5,7,13-22H2,1H3,(H,31,36)(H,32,37)(H,33,35). The van der Waals surface area contributed by atoms with Crippen LogP contribution >= 0.6 is 0 Å². The minimum atomic E-state index is -0.462. The molecule has 0 radical (unpaired) electrons. The van der Waals surface area contributed by atoms with Crippen LogP contribution in [0.25, 0.3) is 0 Å². The van der Waals surface area contributed by atoms with E-state index >= 15 is 0 Å². The van der Waals surface area contributed by atoms with Gasteiger partial charge in [0.05, 0.1) is 19.1 Å². The molecular formula is C30H40N4O5. The Hall–Kier alpha value is -3.59. The summed E-state index contributed by atoms with van der Waals surface area (Å²) >= 11 is 0. The summed E-state index contributed by atoms with van der Waals surface area (Å²) in [6, 6.07) is 15.5. The number of nitrogens with zero attached hydrogens (tertiary/aromatic N) is 1. The molecule has 2 aromatic carbocycles. The Labute approximate surface area is 230 Å². The third-order valence-corrected chi connectivity index (χ3v) is 7.73. The number of likely N-dealkylation sites (tertiary alicyclic amines) is 1. The number of amides is 3. The first-order valence-corrected chi connectivity index (χ1v) is 13.9. The molecule has 3 N–H and O–H groups in total. The van der Waals surface area contributed by atoms with Gasteiger partial charge in [-0.05, 0) is 74.5 Å². The lowest BCUT2D eigenvalue weighted by molar-refractivity contribution is -0.135. The number of hydrogen-bond donors (Lipinski definition) is 3. The van der Waals surface area contributed by atoms with Crippen molar-refractivity contribution in [1.29, 1.82) is 0 Å². The van der Waals surface area contributed by atoms with Gasteiger partial charge in [-0.2, -0.15) is 0 Å². The van der Waals surface area contributed by atoms with Crippen molar-refractivity contribution in [2.75, 3.05) is 46.4 Å². The zero-order chi connectivity index (χ0) is 27.5. The molecule has 4 rings (SSSR count). The van der Waals surface area contributed by atoms with Gasteiger partial charge >= 0.3 is 0 Å². The van der Waals surface area contributed by atoms with E-state index in [-0.39, 0.29) is 24.3 Å². The van der Waals surface area contributed by atoms with E-state index in [9.17, 15) is 14.4 Å². The van der Waals surface area contributed by atoms with Gasteiger partial charge in [0.25, 0.3) is 5.91 Å². The van der Waals surface area contributed by atoms with Gasteiger partial charge in [0.1, 0.15) is 11.5 Å². The minimum absolute atomic E-state index is 0.0232. The molecule has 2 aliphatic heterocycles. The summed E-state index contributed by atoms with van der Waals surface area (Å²) in [5.74, 6) is 1.34. The highest BCUT2D eigenvalue weighted by Gasteiger charge is 2.40. The highest BCUT2D eigenvalue weighted by atomic mass is 16.5. The molecule has 3 amide bonds. The molecular weight excluding hydrogens is 496 g/mol. The van der Waals surface area contributed by atoms with Crippen LogP contribution in [0.2, 0.25) is 0 Å². The first-order valence-electron chi connectivity index (χ1n) is 13.9. The maximum absolute atomic E-state index is 13.4. The van der Waals surface area contributed by atoms with Gasteiger partial charge in [0.15, 0.2) is 6.61 Å². The monoisotopic (exact) mass is 536 g/mol. The number of fused-ring (bicyclic) bond motifs is 1. The average Bonchev–Trinajstić information content (AvgIpc) is 2.97. The number of methoxy groups -OCH3 is 1. The molecule has 9 heteroatoms. The molecule has 0 atom stereocenters. The van der Waals surface area contributed by atoms with Crippen LogP contribution in [-0.4, -0.2) is 69.1 Å². The molecule has 1 saturated heterocycles. The highest BCUT2D eigenvalue weighted by molar-refractivity contribution is 5.83. The van der Waals surface area contributed by atoms with E-state index in [1.165, 1.54) is 0 Å². The van der Waals surface area contributed by atoms with Crippen molar-refractivity contribution in [3.8, 4) is 11.5 Å². The highest BCUT2D eigenvalue weighted by Crippen LogP contribution is 2.37. The van der Waals surface area contributed by atoms with Gasteiger partial charge in [-0.25, -0.2) is 0 Å². The Balaban J connectivity index is 1.31. The van der Waals surface area contributed by atoms with Gasteiger partial charge < -0.3 is 25.4 Å². The van der Waals surface area contributed by atoms with Crippen LogP contribution in [0.15, 0.2) is 48.5 Å². The number of hydrogen-bond acceptors (Lipinski definition) is 6. The second-order valence-corrected chi connectivity index (χ2v) is 10.4. The lowest BCUT2D eigenvalue weighted by Crippen LogP contribution is -2.51. The van der Waals surface area contributed by atoms with Crippen LogP contribution in [0.1, 0.15) is 43.2 Å². The quantitative estimate of drug-likeness (QED) is 0.542. The first kappa shape index (κ1) is 28.4. The molecule has 2 heterocycles. The van der Waals surface area contributed by atoms with Crippen molar-refractivity contribution >= 4 is 17.7 Å². The largest absolute Gasteiger partial charge is 0.497 e. The number of piperidine rings is 1. The predicted molar refractivity (Wildman–Crippen MR) is 148 cm³/mol. The fraction of sp³-hybridized carbons (Fsp3) is 0.500. The number of rotatable bonds is 5. The fourth-order valence-electron chi connectivity index (χ4n) is 5.32. The zero-order valence-corrected chi connectivity index (χ0v) is 22.8. The van der Waals surface area contributed by atoms with Crippen molar-refractivity contribution in [3.63, 3.8) is 0 Å². The Morgan fingerprint density at radius 1 is 1.00 bits per heavy atom. The first-order chi connectivity index (χ1) is 19.0. The normalized spacial score (nSPS) is 18.9. The third kappa shape index (κ3) is 8.20. The van der Waals surface area contributed by atoms with Crippen molar-refractivity contribution in [2.45, 2.75) is 45.1 Å². The van der Waals surface area contributed by atoms with Crippen LogP contribution in [0.3, 0.4) is 0 Å². The number of ether oxygens (including phenoxy) is 2. The Kier molecular flexibility index (Phi) is 10.2. The van der Waals surface area contributed by atoms with Crippen LogP contribution < -0.4 is 25.4 Å². The summed E-state index contributed by atoms with van der Waals surface area (Å²) in [6.45, 7) is 2.85. The number of benzene rings is 2. The molecule has 1 fully saturated rings. The molecule has 0 saturated carbocycles. The van der Waals surface area contributed by atoms with Crippen molar-refractivity contribution in [1.82, 2.24) is 20.9 Å². The number of aryl methyl sites for hydroxylation is 1. The molecule has 39 heavy (non-hydrogen) atoms. The number of carbonyl (C=O) groups excluding carboxylic acids is 3. The fourth-order valence-corrected chi connectivity index (χ4v) is 5.32. The van der Waals surface area contributed by atoms with E-state index in [0.29, 0.717) is 52.1 Å². The Morgan fingerprint density at radius 2 is 1.74 bits per heavy atom. The molecule has 0 aromatic heterocycles. The van der Waals surface area contributed by atoms with Gasteiger partial charge in [-0.1, -0.05) is 36.8 Å². The van der Waals surface area contributed by atoms with Gasteiger partial charge in [-0.3, -0.25) is 19.3 Å². The Morgan fingerprint density at radius 3 is 2.51 bits per heavy atom. The molecule has 9 nitrogen and oxygen atoms in total. The molecule has 0 unspecified atom stereocenters. The predicted octanol–water partition coefficient (Wildman–Crippen LogP) is 2.43. The Bertz CT molecular complexity index is 1110. The summed E-state index contributed by atoms with van der Waals surface area (Å²) in [6.07, 6.45) is 4.88. The second kappa shape index (κ2) is 14.0. The van der Waals surface area contributed by atoms with E-state index in [1.54, 1.807) is 7.11 Å². The third-order valence-electron chi connectivity index (χ3n) is 7.73. The van der Waals surface area contributed by atoms with Crippen LogP contribution in [0, 0.1) is 5.41 Å². The second-order valence-electron chi connectivity index (χ2n) is 10.4. The van der Waals surface area contributed by atoms with E-state index in [0.717, 1.165) is 48.3 Å². The molecule has 2 aliphatic rings. The molecule has 0 aliphatic carbocycles. The smallest absolute Gasteiger partial charge is 0.258 e. The topological polar surface area (TPSA) is 109 Å². The van der Waals surface area contributed by atoms with E-state index < -0.39 is 5.41 Å². The lowest BCUT2D eigenvalue weighted by atomic mass is 9.73. The number of nitrogens with one attached hydrogen (secondary N) is 3. The van der Waals surface area contributed by atoms with Crippen LogP contribution in [0.4, 0.5) is 0 Å². The van der Waals surface area contributed by atoms with Gasteiger partial charge in [0, 0.05) is 19.6 Å². The average molecular weight is 537 g/mol. The maximum Gasteiger partial charge on any atom is 0.258 e. The lowest BCUT2D eigenvalue weighted by Gasteiger charge is -2.40. The molecule has 210 valence electrons. The summed E-state index contributed by atoms with van der Waals surface area (Å²) in [5.41, 5.74) is 1.63. The molecule has 1 spiro atoms. The van der Waals surface area contributed by atoms with Crippen molar-refractivity contribution in [3.05, 3.63) is 59.7 Å². The maximum atomic E-state index is 13.4. The summed E-state index contributed by atoms with van der Waals surface area (Å²) in [7, 11) is 1.63. The van der Waals surface area contributed by atoms with Crippen molar-refractivity contribution in [2.24, 2.45) is 5.41 Å². The van der Waals surface area contributed by atoms with Gasteiger partial charge in [-0.15, -0.1) is 0 Å². The van der Waals surface area contributed by atoms with E-state index in [4.69, 9.17) is 9.47 Å². The molecule has 2 aromatic rings. The van der Waals surface area contributed by atoms with E-state index in [2.05, 4.69) is 20.9 Å². The van der Waals surface area contributed by atoms with E-state index in [1.807, 2.05) is 48.5 Å². The van der Waals surface area contributed by atoms with Crippen LogP contribution in [-0.2, 0) is 27.3 Å². The summed E-state index contributed by atoms with van der Waals surface area (Å²) < 4.78 is 10.9. The van der Waals surface area contributed by atoms with Crippen molar-refractivity contribution < 1.29 is 23.9 Å². The number of para-hydroxylation sites is 1. The summed E-state index contributed by atoms with van der Waals surface area (Å²) in [4.78, 5) is 40.3. The SMILES string of the molecule is COc1ccc(CNC(=O)CN2CCC3(CCCCc4ccccc4OCC(=O)NCCNC3=O)CC2)cc1. The zero-order valence-electron chi connectivity index (χ0n) is 22.8. The number of carbonyl (C=O) groups is 3. The molecule has 0 bridgehead atoms. The van der Waals surface area contributed by atoms with Crippen LogP contribution in [0.5, 0.6) is 11.5 Å². The summed E-state index contributed by atoms with van der Waals surface area (Å²) in [5, 5.41) is 8.86. The minimum Gasteiger partial charge on any atom is -0.497 e. The van der Waals surface area contributed by atoms with Gasteiger partial charge in [0.2, 0.25) is 11.8 Å².